The van der Waals surface area contributed by atoms with E-state index < -0.39 is 6.04 Å². The topological polar surface area (TPSA) is 78.3 Å². The molecule has 0 amide bonds. The SMILES string of the molecule is CC1=C(C(=O)OC2CCCCC2)C(c2ccc(OCc3cccc(C)c3)cc2)n2nc(SCc3ccccc3)nc2N1. The zero-order chi connectivity index (χ0) is 28.9. The van der Waals surface area contributed by atoms with Gasteiger partial charge in [-0.15, -0.1) is 5.10 Å². The average Bonchev–Trinajstić information content (AvgIpc) is 3.42. The number of aromatic nitrogens is 3. The highest BCUT2D eigenvalue weighted by molar-refractivity contribution is 7.98. The van der Waals surface area contributed by atoms with Crippen molar-refractivity contribution >= 4 is 23.7 Å². The van der Waals surface area contributed by atoms with E-state index in [4.69, 9.17) is 19.6 Å². The molecule has 2 aliphatic rings. The number of aryl methyl sites for hydroxylation is 1. The van der Waals surface area contributed by atoms with Crippen LogP contribution in [-0.4, -0.2) is 26.8 Å². The molecule has 0 saturated heterocycles. The van der Waals surface area contributed by atoms with Gasteiger partial charge in [0.15, 0.2) is 0 Å². The highest BCUT2D eigenvalue weighted by Gasteiger charge is 2.36. The van der Waals surface area contributed by atoms with Crippen molar-refractivity contribution in [3.63, 3.8) is 0 Å². The number of esters is 1. The quantitative estimate of drug-likeness (QED) is 0.161. The Morgan fingerprint density at radius 1 is 0.952 bits per heavy atom. The molecule has 1 saturated carbocycles. The molecule has 0 spiro atoms. The lowest BCUT2D eigenvalue weighted by Gasteiger charge is -2.30. The number of carbonyl (C=O) groups is 1. The molecule has 8 heteroatoms. The van der Waals surface area contributed by atoms with Gasteiger partial charge in [-0.3, -0.25) is 0 Å². The van der Waals surface area contributed by atoms with Gasteiger partial charge in [-0.2, -0.15) is 4.98 Å². The maximum atomic E-state index is 13.7. The zero-order valence-electron chi connectivity index (χ0n) is 24.1. The van der Waals surface area contributed by atoms with Crippen molar-refractivity contribution < 1.29 is 14.3 Å². The van der Waals surface area contributed by atoms with Gasteiger partial charge in [0.1, 0.15) is 24.5 Å². The van der Waals surface area contributed by atoms with Crippen LogP contribution in [0.5, 0.6) is 5.75 Å². The van der Waals surface area contributed by atoms with Crippen molar-refractivity contribution in [3.8, 4) is 5.75 Å². The molecule has 6 rings (SSSR count). The van der Waals surface area contributed by atoms with E-state index in [0.717, 1.165) is 54.0 Å². The van der Waals surface area contributed by atoms with Gasteiger partial charge in [0.2, 0.25) is 11.1 Å². The van der Waals surface area contributed by atoms with E-state index in [1.54, 1.807) is 11.8 Å². The molecule has 0 radical (unpaired) electrons. The van der Waals surface area contributed by atoms with E-state index >= 15 is 0 Å². The summed E-state index contributed by atoms with van der Waals surface area (Å²) in [5.74, 6) is 1.84. The van der Waals surface area contributed by atoms with Crippen molar-refractivity contribution in [3.05, 3.63) is 112 Å². The number of hydrogen-bond acceptors (Lipinski definition) is 7. The number of carbonyl (C=O) groups excluding carboxylic acids is 1. The highest BCUT2D eigenvalue weighted by Crippen LogP contribution is 2.38. The van der Waals surface area contributed by atoms with Crippen molar-refractivity contribution in [1.29, 1.82) is 0 Å². The molecule has 216 valence electrons. The molecule has 1 atom stereocenters. The van der Waals surface area contributed by atoms with Crippen LogP contribution in [0, 0.1) is 6.92 Å². The Hall–Kier alpha value is -4.04. The minimum atomic E-state index is -0.471. The second kappa shape index (κ2) is 12.9. The van der Waals surface area contributed by atoms with Gasteiger partial charge in [-0.1, -0.05) is 90.5 Å². The van der Waals surface area contributed by atoms with Crippen molar-refractivity contribution in [1.82, 2.24) is 14.8 Å². The first-order valence-electron chi connectivity index (χ1n) is 14.6. The highest BCUT2D eigenvalue weighted by atomic mass is 32.2. The van der Waals surface area contributed by atoms with Gasteiger partial charge >= 0.3 is 5.97 Å². The van der Waals surface area contributed by atoms with E-state index in [-0.39, 0.29) is 12.1 Å². The van der Waals surface area contributed by atoms with E-state index in [2.05, 4.69) is 42.6 Å². The van der Waals surface area contributed by atoms with Gasteiger partial charge in [0.25, 0.3) is 0 Å². The Morgan fingerprint density at radius 3 is 2.48 bits per heavy atom. The summed E-state index contributed by atoms with van der Waals surface area (Å²) in [6.45, 7) is 4.48. The first kappa shape index (κ1) is 28.1. The molecule has 42 heavy (non-hydrogen) atoms. The predicted octanol–water partition coefficient (Wildman–Crippen LogP) is 7.62. The normalized spacial score (nSPS) is 17.0. The van der Waals surface area contributed by atoms with Gasteiger partial charge in [0, 0.05) is 11.4 Å². The van der Waals surface area contributed by atoms with Gasteiger partial charge < -0.3 is 14.8 Å². The summed E-state index contributed by atoms with van der Waals surface area (Å²) in [7, 11) is 0. The van der Waals surface area contributed by atoms with Crippen molar-refractivity contribution in [2.45, 2.75) is 75.6 Å². The fraction of sp³-hybridized carbons (Fsp3) is 0.324. The van der Waals surface area contributed by atoms with Crippen LogP contribution < -0.4 is 10.1 Å². The fourth-order valence-electron chi connectivity index (χ4n) is 5.60. The Kier molecular flexibility index (Phi) is 8.60. The molecule has 7 nitrogen and oxygen atoms in total. The van der Waals surface area contributed by atoms with Crippen molar-refractivity contribution in [2.75, 3.05) is 5.32 Å². The number of nitrogens with zero attached hydrogens (tertiary/aromatic N) is 3. The summed E-state index contributed by atoms with van der Waals surface area (Å²) < 4.78 is 14.0. The molecule has 1 aromatic heterocycles. The third-order valence-electron chi connectivity index (χ3n) is 7.77. The van der Waals surface area contributed by atoms with Gasteiger partial charge in [-0.25, -0.2) is 9.48 Å². The van der Waals surface area contributed by atoms with Crippen LogP contribution in [0.2, 0.25) is 0 Å². The van der Waals surface area contributed by atoms with E-state index in [1.807, 2.05) is 60.1 Å². The van der Waals surface area contributed by atoms with Crippen LogP contribution in [0.25, 0.3) is 0 Å². The number of hydrogen-bond donors (Lipinski definition) is 1. The number of rotatable bonds is 9. The van der Waals surface area contributed by atoms with E-state index in [9.17, 15) is 4.79 Å². The summed E-state index contributed by atoms with van der Waals surface area (Å²) in [4.78, 5) is 18.5. The molecule has 1 aliphatic heterocycles. The van der Waals surface area contributed by atoms with E-state index in [1.165, 1.54) is 17.5 Å². The largest absolute Gasteiger partial charge is 0.489 e. The number of thioether (sulfide) groups is 1. The minimum absolute atomic E-state index is 0.0428. The molecular weight excluding hydrogens is 544 g/mol. The molecular formula is C34H36N4O3S. The second-order valence-corrected chi connectivity index (χ2v) is 12.0. The maximum Gasteiger partial charge on any atom is 0.338 e. The fourth-order valence-corrected chi connectivity index (χ4v) is 6.38. The second-order valence-electron chi connectivity index (χ2n) is 11.0. The summed E-state index contributed by atoms with van der Waals surface area (Å²) in [5.41, 5.74) is 5.74. The first-order chi connectivity index (χ1) is 20.5. The molecule has 3 aromatic carbocycles. The number of nitrogens with one attached hydrogen (secondary N) is 1. The summed E-state index contributed by atoms with van der Waals surface area (Å²) in [5, 5.41) is 8.86. The predicted molar refractivity (Wildman–Crippen MR) is 165 cm³/mol. The van der Waals surface area contributed by atoms with E-state index in [0.29, 0.717) is 23.3 Å². The molecule has 1 N–H and O–H groups in total. The summed E-state index contributed by atoms with van der Waals surface area (Å²) >= 11 is 1.57. The van der Waals surface area contributed by atoms with Crippen LogP contribution >= 0.6 is 11.8 Å². The Labute approximate surface area is 251 Å². The lowest BCUT2D eigenvalue weighted by molar-refractivity contribution is -0.146. The first-order valence-corrected chi connectivity index (χ1v) is 15.6. The lowest BCUT2D eigenvalue weighted by atomic mass is 9.95. The van der Waals surface area contributed by atoms with Crippen LogP contribution in [0.4, 0.5) is 5.95 Å². The molecule has 0 bridgehead atoms. The monoisotopic (exact) mass is 580 g/mol. The average molecular weight is 581 g/mol. The number of anilines is 1. The van der Waals surface area contributed by atoms with Crippen molar-refractivity contribution in [2.24, 2.45) is 0 Å². The number of allylic oxidation sites excluding steroid dienone is 1. The smallest absolute Gasteiger partial charge is 0.338 e. The molecule has 2 heterocycles. The van der Waals surface area contributed by atoms with Crippen LogP contribution in [0.15, 0.2) is 95.3 Å². The van der Waals surface area contributed by atoms with Crippen LogP contribution in [0.1, 0.15) is 67.3 Å². The third-order valence-corrected chi connectivity index (χ3v) is 8.68. The Morgan fingerprint density at radius 2 is 1.71 bits per heavy atom. The molecule has 1 fully saturated rings. The molecule has 1 unspecified atom stereocenters. The number of ether oxygens (including phenoxy) is 2. The molecule has 4 aromatic rings. The summed E-state index contributed by atoms with van der Waals surface area (Å²) in [6, 6.07) is 26.0. The third kappa shape index (κ3) is 6.54. The lowest BCUT2D eigenvalue weighted by Crippen LogP contribution is -2.32. The van der Waals surface area contributed by atoms with Gasteiger partial charge in [-0.05, 0) is 68.4 Å². The minimum Gasteiger partial charge on any atom is -0.489 e. The van der Waals surface area contributed by atoms with Crippen LogP contribution in [0.3, 0.4) is 0 Å². The zero-order valence-corrected chi connectivity index (χ0v) is 24.9. The standard InChI is InChI=1S/C34H36N4O3S/c1-23-10-9-13-26(20-23)21-40-28-18-16-27(17-19-28)31-30(32(39)41-29-14-7-4-8-15-29)24(2)35-33-36-34(37-38(31)33)42-22-25-11-5-3-6-12-25/h3,5-6,9-13,16-20,29,31H,4,7-8,14-15,21-22H2,1-2H3,(H,35,36,37). The van der Waals surface area contributed by atoms with Gasteiger partial charge in [0.05, 0.1) is 5.57 Å². The maximum absolute atomic E-state index is 13.7. The molecule has 1 aliphatic carbocycles. The Bertz CT molecular complexity index is 1560. The summed E-state index contributed by atoms with van der Waals surface area (Å²) in [6.07, 6.45) is 5.17. The van der Waals surface area contributed by atoms with Crippen LogP contribution in [-0.2, 0) is 21.9 Å². The number of fused-ring (bicyclic) bond motifs is 1. The Balaban J connectivity index is 1.27. The number of benzene rings is 3.